The highest BCUT2D eigenvalue weighted by Crippen LogP contribution is 2.43. The van der Waals surface area contributed by atoms with Crippen molar-refractivity contribution in [1.82, 2.24) is 29.8 Å². The van der Waals surface area contributed by atoms with Crippen LogP contribution >= 0.6 is 0 Å². The molecule has 2 aromatic heterocycles. The minimum absolute atomic E-state index is 0.0697. The van der Waals surface area contributed by atoms with Crippen LogP contribution in [0.2, 0.25) is 0 Å². The number of alkyl halides is 3. The smallest absolute Gasteiger partial charge is 0.351 e. The molecule has 6 rings (SSSR count). The van der Waals surface area contributed by atoms with Crippen molar-refractivity contribution in [3.8, 4) is 17.2 Å². The van der Waals surface area contributed by atoms with Crippen LogP contribution in [-0.2, 0) is 11.0 Å². The van der Waals surface area contributed by atoms with Gasteiger partial charge in [-0.25, -0.2) is 14.1 Å². The van der Waals surface area contributed by atoms with Crippen molar-refractivity contribution >= 4 is 33.7 Å². The second-order valence-corrected chi connectivity index (χ2v) is 11.9. The minimum atomic E-state index is -4.68. The standard InChI is InChI=1S/C32H32F4N8O/c1-5-25(45)43-13-11-20(15-19(43)10-12-37)44-30-23-14-18(2)26(22-8-6-7-9-24(22)32(34,35)36)27(33)28(23)38-31(29(30)39-40-44)42-16-21(17-42)41(3)4/h5-9,14,19-21H,1,10-11,13,15-17H2,2-4H3/t19-,20+/m1/s1. The summed E-state index contributed by atoms with van der Waals surface area (Å²) in [6, 6.07) is 8.35. The van der Waals surface area contributed by atoms with Crippen LogP contribution in [0.25, 0.3) is 33.1 Å². The van der Waals surface area contributed by atoms with Gasteiger partial charge in [-0.05, 0) is 63.2 Å². The average molecular weight is 621 g/mol. The molecule has 2 aliphatic rings. The third-order valence-electron chi connectivity index (χ3n) is 9.03. The lowest BCUT2D eigenvalue weighted by atomic mass is 9.92. The molecule has 2 saturated heterocycles. The number of fused-ring (bicyclic) bond motifs is 3. The molecule has 0 aliphatic carbocycles. The van der Waals surface area contributed by atoms with Gasteiger partial charge in [-0.2, -0.15) is 18.4 Å². The van der Waals surface area contributed by atoms with Gasteiger partial charge in [0.15, 0.2) is 17.2 Å². The van der Waals surface area contributed by atoms with Gasteiger partial charge in [0.05, 0.1) is 24.1 Å². The number of likely N-dealkylation sites (tertiary alicyclic amines) is 1. The van der Waals surface area contributed by atoms with E-state index in [1.165, 1.54) is 24.3 Å². The summed E-state index contributed by atoms with van der Waals surface area (Å²) in [5, 5.41) is 18.9. The highest BCUT2D eigenvalue weighted by atomic mass is 19.4. The number of hydrogen-bond donors (Lipinski definition) is 0. The number of aromatic nitrogens is 4. The van der Waals surface area contributed by atoms with E-state index in [9.17, 15) is 23.2 Å². The highest BCUT2D eigenvalue weighted by molar-refractivity contribution is 6.08. The van der Waals surface area contributed by atoms with Crippen molar-refractivity contribution in [2.24, 2.45) is 0 Å². The van der Waals surface area contributed by atoms with Crippen molar-refractivity contribution < 1.29 is 22.4 Å². The monoisotopic (exact) mass is 620 g/mol. The molecule has 4 aromatic rings. The number of benzene rings is 2. The highest BCUT2D eigenvalue weighted by Gasteiger charge is 2.38. The van der Waals surface area contributed by atoms with E-state index in [-0.39, 0.29) is 47.1 Å². The number of aryl methyl sites for hydroxylation is 1. The van der Waals surface area contributed by atoms with Gasteiger partial charge in [0.1, 0.15) is 11.0 Å². The van der Waals surface area contributed by atoms with Gasteiger partial charge in [0.25, 0.3) is 0 Å². The fourth-order valence-electron chi connectivity index (χ4n) is 6.58. The van der Waals surface area contributed by atoms with E-state index in [1.54, 1.807) is 22.6 Å². The number of rotatable bonds is 6. The maximum atomic E-state index is 16.7. The Morgan fingerprint density at radius 1 is 1.22 bits per heavy atom. The van der Waals surface area contributed by atoms with Crippen molar-refractivity contribution in [2.75, 3.05) is 38.6 Å². The molecule has 2 fully saturated rings. The maximum Gasteiger partial charge on any atom is 0.417 e. The number of nitriles is 1. The molecule has 2 aliphatic heterocycles. The first kappa shape index (κ1) is 30.5. The Hall–Kier alpha value is -4.57. The molecular formula is C32H32F4N8O. The van der Waals surface area contributed by atoms with Crippen LogP contribution in [0.3, 0.4) is 0 Å². The summed E-state index contributed by atoms with van der Waals surface area (Å²) in [5.41, 5.74) is -0.126. The van der Waals surface area contributed by atoms with Gasteiger partial charge in [0, 0.05) is 42.7 Å². The zero-order chi connectivity index (χ0) is 32.2. The number of hydrogen-bond acceptors (Lipinski definition) is 7. The normalized spacial score (nSPS) is 19.3. The second kappa shape index (κ2) is 11.4. The van der Waals surface area contributed by atoms with E-state index >= 15 is 4.39 Å². The summed E-state index contributed by atoms with van der Waals surface area (Å²) in [6.07, 6.45) is -2.42. The molecule has 234 valence electrons. The van der Waals surface area contributed by atoms with Gasteiger partial charge >= 0.3 is 6.18 Å². The Kier molecular flexibility index (Phi) is 7.72. The number of carbonyl (C=O) groups is 1. The summed E-state index contributed by atoms with van der Waals surface area (Å²) in [4.78, 5) is 22.9. The van der Waals surface area contributed by atoms with E-state index in [2.05, 4.69) is 27.9 Å². The predicted octanol–water partition coefficient (Wildman–Crippen LogP) is 5.49. The molecule has 9 nitrogen and oxygen atoms in total. The number of carbonyl (C=O) groups excluding carboxylic acids is 1. The molecule has 1 amide bonds. The summed E-state index contributed by atoms with van der Waals surface area (Å²) >= 11 is 0. The minimum Gasteiger partial charge on any atom is -0.351 e. The molecule has 0 N–H and O–H groups in total. The number of anilines is 1. The Bertz CT molecular complexity index is 1850. The lowest BCUT2D eigenvalue weighted by Crippen LogP contribution is -2.57. The van der Waals surface area contributed by atoms with Crippen LogP contribution in [0.1, 0.15) is 36.4 Å². The number of nitrogens with zero attached hydrogens (tertiary/aromatic N) is 8. The number of pyridine rings is 1. The van der Waals surface area contributed by atoms with E-state index in [1.807, 2.05) is 19.0 Å². The van der Waals surface area contributed by atoms with Crippen molar-refractivity contribution in [3.05, 3.63) is 59.9 Å². The molecule has 0 radical (unpaired) electrons. The molecule has 2 atom stereocenters. The Labute approximate surface area is 257 Å². The Morgan fingerprint density at radius 2 is 1.96 bits per heavy atom. The maximum absolute atomic E-state index is 16.7. The molecular weight excluding hydrogens is 588 g/mol. The van der Waals surface area contributed by atoms with E-state index in [4.69, 9.17) is 4.98 Å². The summed E-state index contributed by atoms with van der Waals surface area (Å²) in [5.74, 6) is -0.699. The van der Waals surface area contributed by atoms with Gasteiger partial charge in [-0.1, -0.05) is 30.0 Å². The molecule has 13 heteroatoms. The first-order valence-corrected chi connectivity index (χ1v) is 14.7. The lowest BCUT2D eigenvalue weighted by molar-refractivity contribution is -0.137. The SMILES string of the molecule is C=CC(=O)N1CC[C@H](n2nnc3c(N4CC(N(C)C)C4)nc4c(F)c(-c5ccccc5C(F)(F)F)c(C)cc4c32)C[C@H]1CC#N. The first-order valence-electron chi connectivity index (χ1n) is 14.7. The number of halogens is 4. The topological polar surface area (TPSA) is 94.2 Å². The lowest BCUT2D eigenvalue weighted by Gasteiger charge is -2.43. The zero-order valence-electron chi connectivity index (χ0n) is 25.1. The third kappa shape index (κ3) is 5.16. The Morgan fingerprint density at radius 3 is 2.62 bits per heavy atom. The fraction of sp³-hybridized carbons (Fsp3) is 0.406. The average Bonchev–Trinajstić information content (AvgIpc) is 3.42. The number of amides is 1. The second-order valence-electron chi connectivity index (χ2n) is 11.9. The molecule has 0 unspecified atom stereocenters. The first-order chi connectivity index (χ1) is 21.4. The third-order valence-corrected chi connectivity index (χ3v) is 9.03. The van der Waals surface area contributed by atoms with Gasteiger partial charge in [-0.15, -0.1) is 5.10 Å². The van der Waals surface area contributed by atoms with Crippen LogP contribution in [0.4, 0.5) is 23.4 Å². The molecule has 0 saturated carbocycles. The van der Waals surface area contributed by atoms with Gasteiger partial charge in [-0.3, -0.25) is 4.79 Å². The van der Waals surface area contributed by atoms with Crippen LogP contribution in [0.15, 0.2) is 43.0 Å². The van der Waals surface area contributed by atoms with Crippen LogP contribution in [0, 0.1) is 24.1 Å². The number of likely N-dealkylation sites (N-methyl/N-ethyl adjacent to an activating group) is 1. The van der Waals surface area contributed by atoms with Crippen LogP contribution in [0.5, 0.6) is 0 Å². The molecule has 0 spiro atoms. The van der Waals surface area contributed by atoms with Crippen molar-refractivity contribution in [2.45, 2.75) is 50.5 Å². The van der Waals surface area contributed by atoms with Crippen LogP contribution in [-0.4, -0.2) is 81.5 Å². The zero-order valence-corrected chi connectivity index (χ0v) is 25.1. The van der Waals surface area contributed by atoms with Crippen molar-refractivity contribution in [3.63, 3.8) is 0 Å². The summed E-state index contributed by atoms with van der Waals surface area (Å²) in [6.45, 7) is 6.74. The van der Waals surface area contributed by atoms with Gasteiger partial charge in [0.2, 0.25) is 5.91 Å². The van der Waals surface area contributed by atoms with Gasteiger partial charge < -0.3 is 14.7 Å². The van der Waals surface area contributed by atoms with Crippen LogP contribution < -0.4 is 4.90 Å². The largest absolute Gasteiger partial charge is 0.417 e. The van der Waals surface area contributed by atoms with E-state index in [0.717, 1.165) is 6.07 Å². The fourth-order valence-corrected chi connectivity index (χ4v) is 6.58. The summed E-state index contributed by atoms with van der Waals surface area (Å²) in [7, 11) is 3.94. The number of piperidine rings is 1. The molecule has 0 bridgehead atoms. The summed E-state index contributed by atoms with van der Waals surface area (Å²) < 4.78 is 60.5. The van der Waals surface area contributed by atoms with Crippen molar-refractivity contribution in [1.29, 1.82) is 5.26 Å². The molecule has 2 aromatic carbocycles. The predicted molar refractivity (Wildman–Crippen MR) is 162 cm³/mol. The quantitative estimate of drug-likeness (QED) is 0.208. The molecule has 45 heavy (non-hydrogen) atoms. The van der Waals surface area contributed by atoms with E-state index in [0.29, 0.717) is 60.3 Å². The molecule has 4 heterocycles. The Balaban J connectivity index is 1.56. The van der Waals surface area contributed by atoms with E-state index < -0.39 is 17.6 Å².